The van der Waals surface area contributed by atoms with E-state index < -0.39 is 8.07 Å². The van der Waals surface area contributed by atoms with E-state index in [0.29, 0.717) is 0 Å². The average Bonchev–Trinajstić information content (AvgIpc) is 3.06. The Bertz CT molecular complexity index is 1370. The number of anilines is 3. The summed E-state index contributed by atoms with van der Waals surface area (Å²) in [5.41, 5.74) is 12.0. The highest BCUT2D eigenvalue weighted by Gasteiger charge is 2.56. The Balaban J connectivity index is 2.34. The second-order valence-electron chi connectivity index (χ2n) is 12.9. The van der Waals surface area contributed by atoms with Crippen LogP contribution in [0.3, 0.4) is 0 Å². The van der Waals surface area contributed by atoms with E-state index in [0.717, 1.165) is 0 Å². The van der Waals surface area contributed by atoms with Crippen molar-refractivity contribution >= 4 is 40.7 Å². The Kier molecular flexibility index (Phi) is 7.90. The summed E-state index contributed by atoms with van der Waals surface area (Å²) in [6.07, 6.45) is 2.61. The van der Waals surface area contributed by atoms with E-state index in [4.69, 9.17) is 0 Å². The molecule has 1 unspecified atom stereocenters. The summed E-state index contributed by atoms with van der Waals surface area (Å²) in [4.78, 5) is 6.76. The van der Waals surface area contributed by atoms with E-state index in [9.17, 15) is 0 Å². The van der Waals surface area contributed by atoms with Crippen LogP contribution >= 0.6 is 0 Å². The molecule has 0 amide bonds. The van der Waals surface area contributed by atoms with Gasteiger partial charge >= 0.3 is 0 Å². The van der Waals surface area contributed by atoms with Crippen molar-refractivity contribution in [3.8, 4) is 0 Å². The van der Waals surface area contributed by atoms with Gasteiger partial charge < -0.3 is 14.7 Å². The van der Waals surface area contributed by atoms with Gasteiger partial charge in [-0.15, -0.1) is 0 Å². The number of benzene rings is 3. The Labute approximate surface area is 244 Å². The number of aryl methyl sites for hydroxylation is 3. The van der Waals surface area contributed by atoms with Gasteiger partial charge in [-0.25, -0.2) is 0 Å². The summed E-state index contributed by atoms with van der Waals surface area (Å²) in [6, 6.07) is 21.9. The van der Waals surface area contributed by atoms with Crippen molar-refractivity contribution in [2.45, 2.75) is 53.5 Å². The zero-order valence-corrected chi connectivity index (χ0v) is 28.1. The molecule has 0 bridgehead atoms. The minimum Gasteiger partial charge on any atom is -0.378 e. The third kappa shape index (κ3) is 4.81. The number of hydrogen-bond donors (Lipinski definition) is 0. The molecule has 3 aromatic rings. The first kappa shape index (κ1) is 29.7. The highest BCUT2D eigenvalue weighted by molar-refractivity contribution is 7.14. The highest BCUT2D eigenvalue weighted by Crippen LogP contribution is 2.53. The normalized spacial score (nSPS) is 17.3. The van der Waals surface area contributed by atoms with Crippen LogP contribution in [-0.2, 0) is 0 Å². The first-order valence-electron chi connectivity index (χ1n) is 14.4. The smallest absolute Gasteiger partial charge is 0.162 e. The monoisotopic (exact) mass is 551 g/mol. The molecule has 0 aliphatic heterocycles. The van der Waals surface area contributed by atoms with Crippen molar-refractivity contribution in [3.63, 3.8) is 0 Å². The third-order valence-electron chi connectivity index (χ3n) is 9.25. The topological polar surface area (TPSA) is 9.72 Å². The fraction of sp³-hybridized carbons (Fsp3) is 0.389. The number of allylic oxidation sites excluding steroid dienone is 4. The second kappa shape index (κ2) is 10.6. The SMILES string of the molecule is CC1=CC(C)([Si](c2cc(C)cc(N(C)C)c2)(c2cc(C)cc(N(C)C)c2)c2cc(C)cc(N(C)C)c2)C(C)=C1C. The van der Waals surface area contributed by atoms with Crippen LogP contribution in [0.5, 0.6) is 0 Å². The van der Waals surface area contributed by atoms with Crippen LogP contribution < -0.4 is 30.3 Å². The second-order valence-corrected chi connectivity index (χ2v) is 17.2. The summed E-state index contributed by atoms with van der Waals surface area (Å²) < 4.78 is 0. The molecule has 0 saturated carbocycles. The van der Waals surface area contributed by atoms with Gasteiger partial charge in [0.1, 0.15) is 0 Å². The molecule has 1 aliphatic rings. The molecule has 4 rings (SSSR count). The van der Waals surface area contributed by atoms with Crippen LogP contribution in [0.4, 0.5) is 17.1 Å². The summed E-state index contributed by atoms with van der Waals surface area (Å²) in [7, 11) is 10.2. The van der Waals surface area contributed by atoms with Gasteiger partial charge in [-0.3, -0.25) is 0 Å². The van der Waals surface area contributed by atoms with Gasteiger partial charge in [0.2, 0.25) is 0 Å². The van der Waals surface area contributed by atoms with Crippen molar-refractivity contribution in [2.75, 3.05) is 57.0 Å². The molecule has 0 radical (unpaired) electrons. The zero-order valence-electron chi connectivity index (χ0n) is 27.1. The Hall–Kier alpha value is -3.24. The number of hydrogen-bond acceptors (Lipinski definition) is 3. The van der Waals surface area contributed by atoms with Crippen LogP contribution in [0.2, 0.25) is 5.04 Å². The molecule has 0 fully saturated rings. The Morgan fingerprint density at radius 3 is 1.07 bits per heavy atom. The minimum absolute atomic E-state index is 0.159. The fourth-order valence-electron chi connectivity index (χ4n) is 6.84. The maximum absolute atomic E-state index is 2.80. The number of rotatable bonds is 7. The standard InChI is InChI=1S/C36H49N3Si/c1-24-14-30(37(8)9)20-33(17-24)40(36(7)23-27(4)28(5)29(36)6,34-18-25(2)15-31(21-34)38(10)11)35-19-26(3)16-32(22-35)39(12)13/h14-23H,1-13H3. The molecule has 3 nitrogen and oxygen atoms in total. The first-order valence-corrected chi connectivity index (χ1v) is 16.4. The van der Waals surface area contributed by atoms with Gasteiger partial charge in [0, 0.05) is 64.4 Å². The van der Waals surface area contributed by atoms with Gasteiger partial charge in [-0.1, -0.05) is 42.3 Å². The quantitative estimate of drug-likeness (QED) is 0.251. The van der Waals surface area contributed by atoms with Crippen molar-refractivity contribution in [2.24, 2.45) is 0 Å². The average molecular weight is 552 g/mol. The maximum atomic E-state index is 2.61. The van der Waals surface area contributed by atoms with Crippen LogP contribution in [0.1, 0.15) is 44.4 Å². The maximum Gasteiger partial charge on any atom is 0.162 e. The highest BCUT2D eigenvalue weighted by atomic mass is 28.3. The molecule has 0 spiro atoms. The summed E-state index contributed by atoms with van der Waals surface area (Å²) in [5, 5.41) is 4.22. The molecule has 3 aromatic carbocycles. The van der Waals surface area contributed by atoms with Crippen molar-refractivity contribution in [1.82, 2.24) is 0 Å². The largest absolute Gasteiger partial charge is 0.378 e. The predicted octanol–water partition coefficient (Wildman–Crippen LogP) is 6.34. The van der Waals surface area contributed by atoms with Gasteiger partial charge in [0.05, 0.1) is 0 Å². The lowest BCUT2D eigenvalue weighted by Crippen LogP contribution is -2.73. The van der Waals surface area contributed by atoms with Crippen LogP contribution in [0.15, 0.2) is 77.4 Å². The Morgan fingerprint density at radius 2 is 0.825 bits per heavy atom. The lowest BCUT2D eigenvalue weighted by atomic mass is 10.0. The molecule has 0 N–H and O–H groups in total. The van der Waals surface area contributed by atoms with Crippen molar-refractivity contribution < 1.29 is 0 Å². The minimum atomic E-state index is -2.80. The summed E-state index contributed by atoms with van der Waals surface area (Å²) in [6.45, 7) is 16.3. The summed E-state index contributed by atoms with van der Waals surface area (Å²) in [5.74, 6) is 0. The molecule has 4 heteroatoms. The van der Waals surface area contributed by atoms with Gasteiger partial charge in [-0.2, -0.15) is 0 Å². The van der Waals surface area contributed by atoms with Gasteiger partial charge in [0.15, 0.2) is 8.07 Å². The molecular weight excluding hydrogens is 503 g/mol. The van der Waals surface area contributed by atoms with Crippen molar-refractivity contribution in [3.05, 3.63) is 94.1 Å². The third-order valence-corrected chi connectivity index (χ3v) is 14.8. The fourth-order valence-corrected chi connectivity index (χ4v) is 13.2. The lowest BCUT2D eigenvalue weighted by Gasteiger charge is -2.48. The van der Waals surface area contributed by atoms with Gasteiger partial charge in [-0.05, 0) is 116 Å². The predicted molar refractivity (Wildman–Crippen MR) is 182 cm³/mol. The van der Waals surface area contributed by atoms with Crippen LogP contribution in [0, 0.1) is 20.8 Å². The van der Waals surface area contributed by atoms with E-state index in [-0.39, 0.29) is 5.04 Å². The van der Waals surface area contributed by atoms with E-state index in [1.165, 1.54) is 66.0 Å². The molecule has 212 valence electrons. The molecule has 1 atom stereocenters. The summed E-state index contributed by atoms with van der Waals surface area (Å²) >= 11 is 0. The van der Waals surface area contributed by atoms with E-state index in [2.05, 4.69) is 166 Å². The zero-order chi connectivity index (χ0) is 29.7. The molecular formula is C36H49N3Si. The van der Waals surface area contributed by atoms with Crippen LogP contribution in [0.25, 0.3) is 0 Å². The van der Waals surface area contributed by atoms with E-state index >= 15 is 0 Å². The first-order chi connectivity index (χ1) is 18.6. The van der Waals surface area contributed by atoms with Crippen LogP contribution in [-0.4, -0.2) is 50.4 Å². The molecule has 40 heavy (non-hydrogen) atoms. The Morgan fingerprint density at radius 1 is 0.500 bits per heavy atom. The van der Waals surface area contributed by atoms with E-state index in [1.54, 1.807) is 0 Å². The van der Waals surface area contributed by atoms with E-state index in [1.807, 2.05) is 0 Å². The molecule has 0 saturated heterocycles. The van der Waals surface area contributed by atoms with Gasteiger partial charge in [0.25, 0.3) is 0 Å². The molecule has 1 aliphatic carbocycles. The van der Waals surface area contributed by atoms with Crippen molar-refractivity contribution in [1.29, 1.82) is 0 Å². The molecule has 0 aromatic heterocycles. The number of nitrogens with zero attached hydrogens (tertiary/aromatic N) is 3. The molecule has 0 heterocycles. The lowest BCUT2D eigenvalue weighted by molar-refractivity contribution is 0.870.